The van der Waals surface area contributed by atoms with Gasteiger partial charge in [0.1, 0.15) is 11.5 Å². The van der Waals surface area contributed by atoms with Crippen LogP contribution in [-0.4, -0.2) is 72.8 Å². The SMILES string of the molecule is CN1CCc2c(nc(N3CCOCC3)nc2-c2ccc(C#N)cc2F)C1=O.COc1ccccn1. The first-order valence-corrected chi connectivity index (χ1v) is 11.2. The molecule has 9 nitrogen and oxygen atoms in total. The molecular weight excluding hydrogens is 451 g/mol. The molecule has 0 spiro atoms. The summed E-state index contributed by atoms with van der Waals surface area (Å²) >= 11 is 0. The van der Waals surface area contributed by atoms with Crippen molar-refractivity contribution in [2.75, 3.05) is 51.9 Å². The Balaban J connectivity index is 0.000000308. The number of nitriles is 1. The summed E-state index contributed by atoms with van der Waals surface area (Å²) in [6.07, 6.45) is 2.24. The van der Waals surface area contributed by atoms with E-state index in [9.17, 15) is 9.18 Å². The van der Waals surface area contributed by atoms with Gasteiger partial charge in [-0.05, 0) is 30.7 Å². The monoisotopic (exact) mass is 476 g/mol. The van der Waals surface area contributed by atoms with Crippen molar-refractivity contribution in [1.29, 1.82) is 5.26 Å². The maximum atomic E-state index is 14.7. The zero-order chi connectivity index (χ0) is 24.8. The summed E-state index contributed by atoms with van der Waals surface area (Å²) in [5, 5.41) is 8.98. The number of aromatic nitrogens is 3. The van der Waals surface area contributed by atoms with Gasteiger partial charge in [0.2, 0.25) is 11.8 Å². The topological polar surface area (TPSA) is 104 Å². The van der Waals surface area contributed by atoms with E-state index in [0.29, 0.717) is 68.0 Å². The Labute approximate surface area is 202 Å². The molecule has 180 valence electrons. The summed E-state index contributed by atoms with van der Waals surface area (Å²) < 4.78 is 24.9. The molecule has 5 rings (SSSR count). The summed E-state index contributed by atoms with van der Waals surface area (Å²) in [4.78, 5) is 29.2. The van der Waals surface area contributed by atoms with Crippen LogP contribution in [0.2, 0.25) is 0 Å². The number of pyridine rings is 1. The molecule has 3 aromatic rings. The first-order chi connectivity index (χ1) is 17.0. The number of hydrogen-bond acceptors (Lipinski definition) is 8. The number of methoxy groups -OCH3 is 1. The van der Waals surface area contributed by atoms with Crippen LogP contribution in [0.25, 0.3) is 11.3 Å². The van der Waals surface area contributed by atoms with Crippen LogP contribution in [0.5, 0.6) is 5.88 Å². The first-order valence-electron chi connectivity index (χ1n) is 11.2. The Morgan fingerprint density at radius 2 is 1.89 bits per heavy atom. The van der Waals surface area contributed by atoms with Gasteiger partial charge in [-0.2, -0.15) is 5.26 Å². The van der Waals surface area contributed by atoms with Gasteiger partial charge in [-0.25, -0.2) is 19.3 Å². The second kappa shape index (κ2) is 10.9. The van der Waals surface area contributed by atoms with Crippen molar-refractivity contribution < 1.29 is 18.7 Å². The van der Waals surface area contributed by atoms with Crippen LogP contribution in [0, 0.1) is 17.1 Å². The number of fused-ring (bicyclic) bond motifs is 1. The van der Waals surface area contributed by atoms with E-state index in [1.807, 2.05) is 23.1 Å². The number of carbonyl (C=O) groups excluding carboxylic acids is 1. The van der Waals surface area contributed by atoms with E-state index in [0.717, 1.165) is 0 Å². The number of morpholine rings is 1. The van der Waals surface area contributed by atoms with Gasteiger partial charge >= 0.3 is 0 Å². The molecular formula is C25H25FN6O3. The Kier molecular flexibility index (Phi) is 7.48. The highest BCUT2D eigenvalue weighted by Crippen LogP contribution is 2.31. The van der Waals surface area contributed by atoms with Gasteiger partial charge in [0.05, 0.1) is 37.7 Å². The molecule has 0 unspecified atom stereocenters. The smallest absolute Gasteiger partial charge is 0.272 e. The number of likely N-dealkylation sites (N-methyl/N-ethyl adjacent to an activating group) is 1. The van der Waals surface area contributed by atoms with Crippen molar-refractivity contribution in [1.82, 2.24) is 19.9 Å². The maximum absolute atomic E-state index is 14.7. The van der Waals surface area contributed by atoms with Gasteiger partial charge in [-0.3, -0.25) is 4.79 Å². The van der Waals surface area contributed by atoms with E-state index >= 15 is 0 Å². The van der Waals surface area contributed by atoms with Crippen LogP contribution < -0.4 is 9.64 Å². The van der Waals surface area contributed by atoms with Crippen LogP contribution in [0.15, 0.2) is 42.6 Å². The normalized spacial score (nSPS) is 15.0. The van der Waals surface area contributed by atoms with Crippen molar-refractivity contribution in [3.63, 3.8) is 0 Å². The lowest BCUT2D eigenvalue weighted by Gasteiger charge is -2.30. The van der Waals surface area contributed by atoms with Crippen molar-refractivity contribution in [2.24, 2.45) is 0 Å². The average molecular weight is 477 g/mol. The standard InChI is InChI=1S/C19H18FN5O2.C6H7NO/c1-24-5-4-14-16(13-3-2-12(11-21)10-15(13)20)22-19(23-17(14)18(24)26)25-6-8-27-9-7-25;1-8-6-4-2-3-5-7-6/h2-3,10H,4-9H2,1H3;2-5H,1H3. The highest BCUT2D eigenvalue weighted by Gasteiger charge is 2.30. The van der Waals surface area contributed by atoms with E-state index in [1.54, 1.807) is 43.5 Å². The third-order valence-electron chi connectivity index (χ3n) is 5.74. The zero-order valence-electron chi connectivity index (χ0n) is 19.6. The number of amides is 1. The Hall–Kier alpha value is -4.10. The van der Waals surface area contributed by atoms with E-state index in [1.165, 1.54) is 6.07 Å². The number of rotatable bonds is 3. The molecule has 0 radical (unpaired) electrons. The minimum absolute atomic E-state index is 0.191. The fourth-order valence-electron chi connectivity index (χ4n) is 3.82. The summed E-state index contributed by atoms with van der Waals surface area (Å²) in [5.41, 5.74) is 1.91. The molecule has 0 aliphatic carbocycles. The summed E-state index contributed by atoms with van der Waals surface area (Å²) in [6, 6.07) is 11.8. The Morgan fingerprint density at radius 3 is 2.51 bits per heavy atom. The summed E-state index contributed by atoms with van der Waals surface area (Å²) in [6.45, 7) is 2.84. The third kappa shape index (κ3) is 5.36. The van der Waals surface area contributed by atoms with Gasteiger partial charge < -0.3 is 19.3 Å². The highest BCUT2D eigenvalue weighted by atomic mass is 19.1. The lowest BCUT2D eigenvalue weighted by atomic mass is 9.97. The molecule has 2 aliphatic heterocycles. The third-order valence-corrected chi connectivity index (χ3v) is 5.74. The van der Waals surface area contributed by atoms with Crippen molar-refractivity contribution in [2.45, 2.75) is 6.42 Å². The van der Waals surface area contributed by atoms with Crippen LogP contribution in [-0.2, 0) is 11.2 Å². The predicted molar refractivity (Wildman–Crippen MR) is 127 cm³/mol. The number of hydrogen-bond donors (Lipinski definition) is 0. The molecule has 2 aliphatic rings. The molecule has 35 heavy (non-hydrogen) atoms. The van der Waals surface area contributed by atoms with Crippen molar-refractivity contribution in [3.05, 3.63) is 65.2 Å². The van der Waals surface area contributed by atoms with E-state index in [2.05, 4.69) is 15.0 Å². The van der Waals surface area contributed by atoms with Gasteiger partial charge in [0.25, 0.3) is 5.91 Å². The fourth-order valence-corrected chi connectivity index (χ4v) is 3.82. The van der Waals surface area contributed by atoms with E-state index < -0.39 is 5.82 Å². The number of carbonyl (C=O) groups is 1. The van der Waals surface area contributed by atoms with Crippen molar-refractivity contribution in [3.8, 4) is 23.2 Å². The first kappa shape index (κ1) is 24.0. The molecule has 0 saturated carbocycles. The van der Waals surface area contributed by atoms with Crippen LogP contribution in [0.4, 0.5) is 10.3 Å². The van der Waals surface area contributed by atoms with Crippen molar-refractivity contribution >= 4 is 11.9 Å². The molecule has 2 aromatic heterocycles. The number of ether oxygens (including phenoxy) is 2. The minimum atomic E-state index is -0.533. The molecule has 0 atom stereocenters. The molecule has 10 heteroatoms. The van der Waals surface area contributed by atoms with Gasteiger partial charge in [-0.15, -0.1) is 0 Å². The van der Waals surface area contributed by atoms with Gasteiger partial charge in [-0.1, -0.05) is 6.07 Å². The van der Waals surface area contributed by atoms with E-state index in [4.69, 9.17) is 14.7 Å². The molecule has 0 N–H and O–H groups in total. The van der Waals surface area contributed by atoms with Gasteiger partial charge in [0.15, 0.2) is 0 Å². The minimum Gasteiger partial charge on any atom is -0.481 e. The second-order valence-corrected chi connectivity index (χ2v) is 7.95. The molecule has 1 saturated heterocycles. The largest absolute Gasteiger partial charge is 0.481 e. The quantitative estimate of drug-likeness (QED) is 0.568. The average Bonchev–Trinajstić information content (AvgIpc) is 2.91. The molecule has 1 amide bonds. The number of halogens is 1. The molecule has 1 fully saturated rings. The number of anilines is 1. The van der Waals surface area contributed by atoms with Gasteiger partial charge in [0, 0.05) is 50.1 Å². The summed E-state index contributed by atoms with van der Waals surface area (Å²) in [5.74, 6) is 0.338. The number of benzene rings is 1. The fraction of sp³-hybridized carbons (Fsp3) is 0.320. The lowest BCUT2D eigenvalue weighted by Crippen LogP contribution is -2.40. The molecule has 0 bridgehead atoms. The lowest BCUT2D eigenvalue weighted by molar-refractivity contribution is 0.0774. The highest BCUT2D eigenvalue weighted by molar-refractivity contribution is 5.96. The Morgan fingerprint density at radius 1 is 1.11 bits per heavy atom. The van der Waals surface area contributed by atoms with Crippen LogP contribution in [0.1, 0.15) is 21.6 Å². The summed E-state index contributed by atoms with van der Waals surface area (Å²) in [7, 11) is 3.33. The Bertz CT molecular complexity index is 1240. The molecule has 4 heterocycles. The second-order valence-electron chi connectivity index (χ2n) is 7.95. The van der Waals surface area contributed by atoms with Crippen LogP contribution >= 0.6 is 0 Å². The maximum Gasteiger partial charge on any atom is 0.272 e. The molecule has 1 aromatic carbocycles. The van der Waals surface area contributed by atoms with Crippen LogP contribution in [0.3, 0.4) is 0 Å². The predicted octanol–water partition coefficient (Wildman–Crippen LogP) is 2.71. The van der Waals surface area contributed by atoms with E-state index in [-0.39, 0.29) is 17.0 Å². The number of nitrogens with zero attached hydrogens (tertiary/aromatic N) is 6. The zero-order valence-corrected chi connectivity index (χ0v) is 19.6.